The summed E-state index contributed by atoms with van der Waals surface area (Å²) in [6.07, 6.45) is 1.50. The molecule has 3 rings (SSSR count). The first kappa shape index (κ1) is 19.4. The summed E-state index contributed by atoms with van der Waals surface area (Å²) in [6, 6.07) is 9.42. The number of benzene rings is 1. The van der Waals surface area contributed by atoms with Gasteiger partial charge in [-0.3, -0.25) is 19.3 Å². The van der Waals surface area contributed by atoms with E-state index in [1.165, 1.54) is 6.08 Å². The molecule has 0 radical (unpaired) electrons. The molecule has 1 aromatic carbocycles. The maximum absolute atomic E-state index is 12.4. The van der Waals surface area contributed by atoms with E-state index in [4.69, 9.17) is 9.15 Å². The number of hydrogen-bond donors (Lipinski definition) is 0. The summed E-state index contributed by atoms with van der Waals surface area (Å²) >= 11 is 4.28. The van der Waals surface area contributed by atoms with Gasteiger partial charge >= 0.3 is 5.97 Å². The SMILES string of the molecule is CCOC(=O)CN1C(=O)S/C(=C\c2ccc(-c3ccc(C)cc3Br)o2)C1=O. The summed E-state index contributed by atoms with van der Waals surface area (Å²) < 4.78 is 11.5. The van der Waals surface area contributed by atoms with Crippen LogP contribution in [-0.2, 0) is 14.3 Å². The van der Waals surface area contributed by atoms with E-state index in [1.54, 1.807) is 19.1 Å². The van der Waals surface area contributed by atoms with Crippen molar-refractivity contribution in [2.45, 2.75) is 13.8 Å². The number of amides is 2. The molecule has 0 bridgehead atoms. The lowest BCUT2D eigenvalue weighted by atomic mass is 10.1. The van der Waals surface area contributed by atoms with Crippen LogP contribution in [0.15, 0.2) is 44.1 Å². The molecular formula is C19H16BrNO5S. The van der Waals surface area contributed by atoms with E-state index < -0.39 is 23.7 Å². The maximum Gasteiger partial charge on any atom is 0.326 e. The molecule has 0 atom stereocenters. The van der Waals surface area contributed by atoms with Gasteiger partial charge in [-0.2, -0.15) is 0 Å². The number of ether oxygens (including phenoxy) is 1. The molecular weight excluding hydrogens is 434 g/mol. The van der Waals surface area contributed by atoms with Crippen molar-refractivity contribution < 1.29 is 23.5 Å². The molecule has 6 nitrogen and oxygen atoms in total. The molecule has 8 heteroatoms. The molecule has 2 aromatic rings. The zero-order chi connectivity index (χ0) is 19.6. The van der Waals surface area contributed by atoms with Crippen molar-refractivity contribution >= 4 is 50.9 Å². The summed E-state index contributed by atoms with van der Waals surface area (Å²) in [4.78, 5) is 37.0. The van der Waals surface area contributed by atoms with Crippen LogP contribution in [0.5, 0.6) is 0 Å². The molecule has 2 heterocycles. The molecule has 0 unspecified atom stereocenters. The fourth-order valence-electron chi connectivity index (χ4n) is 2.50. The van der Waals surface area contributed by atoms with Gasteiger partial charge in [-0.15, -0.1) is 0 Å². The van der Waals surface area contributed by atoms with E-state index in [1.807, 2.05) is 25.1 Å². The van der Waals surface area contributed by atoms with E-state index in [9.17, 15) is 14.4 Å². The molecule has 0 spiro atoms. The third-order valence-corrected chi connectivity index (χ3v) is 5.32. The van der Waals surface area contributed by atoms with Gasteiger partial charge in [-0.25, -0.2) is 0 Å². The second kappa shape index (κ2) is 8.14. The van der Waals surface area contributed by atoms with Gasteiger partial charge in [-0.05, 0) is 55.4 Å². The smallest absolute Gasteiger partial charge is 0.326 e. The first-order valence-electron chi connectivity index (χ1n) is 8.16. The maximum atomic E-state index is 12.4. The highest BCUT2D eigenvalue weighted by molar-refractivity contribution is 9.10. The quantitative estimate of drug-likeness (QED) is 0.489. The molecule has 0 saturated carbocycles. The molecule has 0 aliphatic carbocycles. The van der Waals surface area contributed by atoms with Gasteiger partial charge < -0.3 is 9.15 Å². The summed E-state index contributed by atoms with van der Waals surface area (Å²) in [7, 11) is 0. The van der Waals surface area contributed by atoms with Crippen molar-refractivity contribution in [2.75, 3.05) is 13.2 Å². The van der Waals surface area contributed by atoms with Crippen LogP contribution in [0.4, 0.5) is 4.79 Å². The lowest BCUT2D eigenvalue weighted by Crippen LogP contribution is -2.34. The van der Waals surface area contributed by atoms with Gasteiger partial charge in [0.15, 0.2) is 0 Å². The van der Waals surface area contributed by atoms with Crippen LogP contribution in [0, 0.1) is 6.92 Å². The highest BCUT2D eigenvalue weighted by Crippen LogP contribution is 2.34. The molecule has 1 aliphatic rings. The zero-order valence-electron chi connectivity index (χ0n) is 14.7. The summed E-state index contributed by atoms with van der Waals surface area (Å²) in [5, 5.41) is -0.507. The first-order valence-corrected chi connectivity index (χ1v) is 9.77. The van der Waals surface area contributed by atoms with Crippen molar-refractivity contribution in [1.82, 2.24) is 4.90 Å². The third kappa shape index (κ3) is 4.33. The number of halogens is 1. The van der Waals surface area contributed by atoms with Crippen LogP contribution in [0.1, 0.15) is 18.2 Å². The Morgan fingerprint density at radius 2 is 2.07 bits per heavy atom. The van der Waals surface area contributed by atoms with Crippen molar-refractivity contribution in [3.8, 4) is 11.3 Å². The Hall–Kier alpha value is -2.32. The predicted octanol–water partition coefficient (Wildman–Crippen LogP) is 4.62. The lowest BCUT2D eigenvalue weighted by molar-refractivity contribution is -0.145. The van der Waals surface area contributed by atoms with Gasteiger partial charge in [0.1, 0.15) is 18.1 Å². The minimum absolute atomic E-state index is 0.189. The number of imide groups is 1. The van der Waals surface area contributed by atoms with E-state index in [0.717, 1.165) is 32.3 Å². The minimum Gasteiger partial charge on any atom is -0.465 e. The Balaban J connectivity index is 1.79. The number of carbonyl (C=O) groups is 3. The number of carbonyl (C=O) groups excluding carboxylic acids is 3. The molecule has 0 N–H and O–H groups in total. The van der Waals surface area contributed by atoms with Crippen LogP contribution in [0.25, 0.3) is 17.4 Å². The Labute approximate surface area is 168 Å². The number of esters is 1. The molecule has 1 aromatic heterocycles. The number of rotatable bonds is 5. The standard InChI is InChI=1S/C19H16BrNO5S/c1-3-25-17(22)10-21-18(23)16(27-19(21)24)9-12-5-7-15(26-12)13-6-4-11(2)8-14(13)20/h4-9H,3,10H2,1-2H3/b16-9-. The van der Waals surface area contributed by atoms with E-state index >= 15 is 0 Å². The molecule has 27 heavy (non-hydrogen) atoms. The normalized spacial score (nSPS) is 15.7. The van der Waals surface area contributed by atoms with E-state index in [2.05, 4.69) is 15.9 Å². The lowest BCUT2D eigenvalue weighted by Gasteiger charge is -2.10. The first-order chi connectivity index (χ1) is 12.9. The molecule has 1 aliphatic heterocycles. The highest BCUT2D eigenvalue weighted by atomic mass is 79.9. The topological polar surface area (TPSA) is 76.8 Å². The average molecular weight is 450 g/mol. The van der Waals surface area contributed by atoms with Gasteiger partial charge in [-0.1, -0.05) is 22.0 Å². The second-order valence-electron chi connectivity index (χ2n) is 5.76. The fraction of sp³-hybridized carbons (Fsp3) is 0.211. The molecule has 1 saturated heterocycles. The van der Waals surface area contributed by atoms with Crippen molar-refractivity contribution in [3.05, 3.63) is 51.0 Å². The summed E-state index contributed by atoms with van der Waals surface area (Å²) in [6.45, 7) is 3.45. The number of furan rings is 1. The van der Waals surface area contributed by atoms with Gasteiger partial charge in [0.2, 0.25) is 0 Å². The van der Waals surface area contributed by atoms with Crippen molar-refractivity contribution in [1.29, 1.82) is 0 Å². The monoisotopic (exact) mass is 449 g/mol. The minimum atomic E-state index is -0.620. The number of nitrogens with zero attached hydrogens (tertiary/aromatic N) is 1. The summed E-state index contributed by atoms with van der Waals surface area (Å²) in [5.41, 5.74) is 2.00. The Morgan fingerprint density at radius 3 is 2.78 bits per heavy atom. The number of hydrogen-bond acceptors (Lipinski definition) is 6. The Kier molecular flexibility index (Phi) is 5.86. The zero-order valence-corrected chi connectivity index (χ0v) is 17.1. The van der Waals surface area contributed by atoms with Crippen LogP contribution in [0.3, 0.4) is 0 Å². The van der Waals surface area contributed by atoms with Crippen LogP contribution >= 0.6 is 27.7 Å². The molecule has 1 fully saturated rings. The predicted molar refractivity (Wildman–Crippen MR) is 106 cm³/mol. The van der Waals surface area contributed by atoms with Crippen molar-refractivity contribution in [2.24, 2.45) is 0 Å². The van der Waals surface area contributed by atoms with Gasteiger partial charge in [0.05, 0.1) is 11.5 Å². The highest BCUT2D eigenvalue weighted by Gasteiger charge is 2.36. The Morgan fingerprint density at radius 1 is 1.30 bits per heavy atom. The van der Waals surface area contributed by atoms with Crippen molar-refractivity contribution in [3.63, 3.8) is 0 Å². The largest absolute Gasteiger partial charge is 0.465 e. The summed E-state index contributed by atoms with van der Waals surface area (Å²) in [5.74, 6) is -0.0731. The second-order valence-corrected chi connectivity index (χ2v) is 7.61. The van der Waals surface area contributed by atoms with Gasteiger partial charge in [0.25, 0.3) is 11.1 Å². The van der Waals surface area contributed by atoms with Crippen LogP contribution in [-0.4, -0.2) is 35.2 Å². The van der Waals surface area contributed by atoms with Crippen LogP contribution in [0.2, 0.25) is 0 Å². The third-order valence-electron chi connectivity index (χ3n) is 3.76. The number of aryl methyl sites for hydroxylation is 1. The average Bonchev–Trinajstić information content (AvgIpc) is 3.16. The molecule has 2 amide bonds. The Bertz CT molecular complexity index is 949. The molecule has 140 valence electrons. The fourth-order valence-corrected chi connectivity index (χ4v) is 4.00. The van der Waals surface area contributed by atoms with Gasteiger partial charge in [0, 0.05) is 16.1 Å². The number of thioether (sulfide) groups is 1. The van der Waals surface area contributed by atoms with E-state index in [-0.39, 0.29) is 11.5 Å². The van der Waals surface area contributed by atoms with E-state index in [0.29, 0.717) is 11.5 Å². The van der Waals surface area contributed by atoms with Crippen LogP contribution < -0.4 is 0 Å².